The molecule has 0 unspecified atom stereocenters. The van der Waals surface area contributed by atoms with Gasteiger partial charge in [0.2, 0.25) is 0 Å². The molecule has 1 N–H and O–H groups in total. The molecule has 2 nitrogen and oxygen atoms in total. The minimum atomic E-state index is 0.847. The van der Waals surface area contributed by atoms with Gasteiger partial charge in [-0.25, -0.2) is 0 Å². The van der Waals surface area contributed by atoms with Crippen molar-refractivity contribution < 1.29 is 0 Å². The molecule has 0 aromatic heterocycles. The van der Waals surface area contributed by atoms with Gasteiger partial charge < -0.3 is 0 Å². The molecule has 78 valence electrons. The van der Waals surface area contributed by atoms with Crippen LogP contribution in [0.2, 0.25) is 0 Å². The Labute approximate surface area is 95.2 Å². The van der Waals surface area contributed by atoms with Crippen molar-refractivity contribution in [3.8, 4) is 17.3 Å². The van der Waals surface area contributed by atoms with E-state index in [4.69, 9.17) is 5.26 Å². The Morgan fingerprint density at radius 3 is 2.50 bits per heavy atom. The van der Waals surface area contributed by atoms with Gasteiger partial charge in [-0.15, -0.1) is 0 Å². The fourth-order valence-electron chi connectivity index (χ4n) is 1.68. The second-order valence-corrected chi connectivity index (χ2v) is 3.65. The zero-order valence-electron chi connectivity index (χ0n) is 9.07. The first-order valence-corrected chi connectivity index (χ1v) is 5.12. The van der Waals surface area contributed by atoms with Crippen LogP contribution in [0.15, 0.2) is 48.5 Å². The van der Waals surface area contributed by atoms with Crippen LogP contribution < -0.4 is 5.32 Å². The summed E-state index contributed by atoms with van der Waals surface area (Å²) in [7, 11) is 0. The highest BCUT2D eigenvalue weighted by molar-refractivity contribution is 5.79. The van der Waals surface area contributed by atoms with Gasteiger partial charge in [0.05, 0.1) is 5.69 Å². The Hall–Kier alpha value is -2.27. The van der Waals surface area contributed by atoms with E-state index in [1.165, 1.54) is 5.56 Å². The zero-order chi connectivity index (χ0) is 11.4. The summed E-state index contributed by atoms with van der Waals surface area (Å²) in [5.74, 6) is 0. The fraction of sp³-hybridized carbons (Fsp3) is 0.0714. The molecular weight excluding hydrogens is 196 g/mol. The van der Waals surface area contributed by atoms with Gasteiger partial charge in [0.15, 0.2) is 6.19 Å². The second kappa shape index (κ2) is 4.50. The smallest absolute Gasteiger partial charge is 0.181 e. The van der Waals surface area contributed by atoms with Crippen molar-refractivity contribution in [1.29, 1.82) is 5.26 Å². The van der Waals surface area contributed by atoms with Crippen molar-refractivity contribution in [3.05, 3.63) is 54.1 Å². The highest BCUT2D eigenvalue weighted by Gasteiger charge is 2.04. The Morgan fingerprint density at radius 1 is 1.06 bits per heavy atom. The van der Waals surface area contributed by atoms with Gasteiger partial charge in [-0.1, -0.05) is 42.0 Å². The van der Waals surface area contributed by atoms with Gasteiger partial charge >= 0.3 is 0 Å². The molecule has 16 heavy (non-hydrogen) atoms. The van der Waals surface area contributed by atoms with E-state index in [2.05, 4.69) is 11.4 Å². The Kier molecular flexibility index (Phi) is 2.88. The number of aryl methyl sites for hydroxylation is 1. The second-order valence-electron chi connectivity index (χ2n) is 3.65. The molecule has 0 spiro atoms. The van der Waals surface area contributed by atoms with Crippen molar-refractivity contribution >= 4 is 5.69 Å². The first kappa shape index (κ1) is 10.3. The van der Waals surface area contributed by atoms with Gasteiger partial charge in [0.1, 0.15) is 0 Å². The molecule has 0 saturated heterocycles. The summed E-state index contributed by atoms with van der Waals surface area (Å²) >= 11 is 0. The Morgan fingerprint density at radius 2 is 1.81 bits per heavy atom. The van der Waals surface area contributed by atoms with Crippen LogP contribution >= 0.6 is 0 Å². The third-order valence-corrected chi connectivity index (χ3v) is 2.45. The van der Waals surface area contributed by atoms with Crippen molar-refractivity contribution in [2.75, 3.05) is 5.32 Å². The molecule has 2 aromatic carbocycles. The molecular formula is C14H12N2. The quantitative estimate of drug-likeness (QED) is 0.605. The first-order chi connectivity index (χ1) is 7.81. The number of anilines is 1. The molecule has 0 saturated carbocycles. The maximum absolute atomic E-state index is 8.70. The van der Waals surface area contributed by atoms with E-state index in [0.717, 1.165) is 16.8 Å². The largest absolute Gasteiger partial charge is 0.292 e. The number of nitrogens with zero attached hydrogens (tertiary/aromatic N) is 1. The third kappa shape index (κ3) is 2.04. The van der Waals surface area contributed by atoms with Crippen LogP contribution in [0.25, 0.3) is 11.1 Å². The summed E-state index contributed by atoms with van der Waals surface area (Å²) < 4.78 is 0. The van der Waals surface area contributed by atoms with E-state index in [0.29, 0.717) is 0 Å². The molecule has 2 aromatic rings. The molecule has 0 heterocycles. The fourth-order valence-corrected chi connectivity index (χ4v) is 1.68. The van der Waals surface area contributed by atoms with Gasteiger partial charge in [0, 0.05) is 5.56 Å². The van der Waals surface area contributed by atoms with E-state index in [-0.39, 0.29) is 0 Å². The molecule has 0 aliphatic carbocycles. The standard InChI is InChI=1S/C14H12N2/c1-11-7-8-14(16-10-15)13(9-11)12-5-3-2-4-6-12/h2-9,16H,1H3. The highest BCUT2D eigenvalue weighted by atomic mass is 14.9. The Bertz CT molecular complexity index is 524. The molecule has 2 heteroatoms. The molecule has 0 aliphatic heterocycles. The monoisotopic (exact) mass is 208 g/mol. The van der Waals surface area contributed by atoms with E-state index in [9.17, 15) is 0 Å². The molecule has 2 rings (SSSR count). The topological polar surface area (TPSA) is 35.8 Å². The lowest BCUT2D eigenvalue weighted by Crippen LogP contribution is -1.91. The summed E-state index contributed by atoms with van der Waals surface area (Å²) in [5.41, 5.74) is 4.20. The lowest BCUT2D eigenvalue weighted by Gasteiger charge is -2.08. The highest BCUT2D eigenvalue weighted by Crippen LogP contribution is 2.28. The summed E-state index contributed by atoms with van der Waals surface area (Å²) in [6.45, 7) is 2.04. The van der Waals surface area contributed by atoms with Crippen molar-refractivity contribution in [3.63, 3.8) is 0 Å². The average Bonchev–Trinajstić information content (AvgIpc) is 2.33. The number of nitriles is 1. The summed E-state index contributed by atoms with van der Waals surface area (Å²) in [6.07, 6.45) is 1.96. The molecule has 0 fully saturated rings. The van der Waals surface area contributed by atoms with Gasteiger partial charge in [-0.2, -0.15) is 5.26 Å². The van der Waals surface area contributed by atoms with Crippen LogP contribution in [-0.4, -0.2) is 0 Å². The van der Waals surface area contributed by atoms with Crippen molar-refractivity contribution in [2.45, 2.75) is 6.92 Å². The number of benzene rings is 2. The number of nitrogens with one attached hydrogen (secondary N) is 1. The van der Waals surface area contributed by atoms with Crippen LogP contribution in [0.1, 0.15) is 5.56 Å². The van der Waals surface area contributed by atoms with Crippen molar-refractivity contribution in [2.24, 2.45) is 0 Å². The van der Waals surface area contributed by atoms with E-state index in [1.807, 2.05) is 55.6 Å². The number of hydrogen-bond donors (Lipinski definition) is 1. The van der Waals surface area contributed by atoms with Gasteiger partial charge in [-0.05, 0) is 24.6 Å². The van der Waals surface area contributed by atoms with Crippen LogP contribution in [0, 0.1) is 18.4 Å². The molecule has 0 radical (unpaired) electrons. The van der Waals surface area contributed by atoms with Crippen LogP contribution in [0.5, 0.6) is 0 Å². The lowest BCUT2D eigenvalue weighted by atomic mass is 10.0. The zero-order valence-corrected chi connectivity index (χ0v) is 9.07. The Balaban J connectivity index is 2.55. The lowest BCUT2D eigenvalue weighted by molar-refractivity contribution is 1.43. The SMILES string of the molecule is Cc1ccc(NC#N)c(-c2ccccc2)c1. The average molecular weight is 208 g/mol. The minimum absolute atomic E-state index is 0.847. The van der Waals surface area contributed by atoms with E-state index >= 15 is 0 Å². The van der Waals surface area contributed by atoms with Crippen LogP contribution in [0.4, 0.5) is 5.69 Å². The molecule has 0 aliphatic rings. The summed E-state index contributed by atoms with van der Waals surface area (Å²) in [5, 5.41) is 11.4. The van der Waals surface area contributed by atoms with Crippen LogP contribution in [0.3, 0.4) is 0 Å². The summed E-state index contributed by atoms with van der Waals surface area (Å²) in [4.78, 5) is 0. The number of hydrogen-bond acceptors (Lipinski definition) is 2. The molecule has 0 atom stereocenters. The first-order valence-electron chi connectivity index (χ1n) is 5.12. The molecule has 0 amide bonds. The van der Waals surface area contributed by atoms with Gasteiger partial charge in [-0.3, -0.25) is 5.32 Å². The minimum Gasteiger partial charge on any atom is -0.292 e. The normalized spacial score (nSPS) is 9.50. The predicted octanol–water partition coefficient (Wildman–Crippen LogP) is 3.56. The van der Waals surface area contributed by atoms with Gasteiger partial charge in [0.25, 0.3) is 0 Å². The third-order valence-electron chi connectivity index (χ3n) is 2.45. The molecule has 0 bridgehead atoms. The summed E-state index contributed by atoms with van der Waals surface area (Å²) in [6, 6.07) is 16.1. The van der Waals surface area contributed by atoms with Crippen molar-refractivity contribution in [1.82, 2.24) is 0 Å². The number of rotatable bonds is 2. The van der Waals surface area contributed by atoms with E-state index in [1.54, 1.807) is 0 Å². The van der Waals surface area contributed by atoms with E-state index < -0.39 is 0 Å². The predicted molar refractivity (Wildman–Crippen MR) is 65.9 cm³/mol. The van der Waals surface area contributed by atoms with Crippen LogP contribution in [-0.2, 0) is 0 Å². The maximum atomic E-state index is 8.70. The maximum Gasteiger partial charge on any atom is 0.181 e.